The fourth-order valence-electron chi connectivity index (χ4n) is 10.3. The second-order valence-corrected chi connectivity index (χ2v) is 21.8. The van der Waals surface area contributed by atoms with Gasteiger partial charge in [-0.15, -0.1) is 0 Å². The molecule has 76 heavy (non-hydrogen) atoms. The molecule has 4 fully saturated rings. The van der Waals surface area contributed by atoms with E-state index in [4.69, 9.17) is 4.74 Å². The Hall–Kier alpha value is -6.58. The van der Waals surface area contributed by atoms with Crippen LogP contribution in [0.4, 0.5) is 5.69 Å². The zero-order valence-corrected chi connectivity index (χ0v) is 45.6. The number of anilines is 1. The van der Waals surface area contributed by atoms with Gasteiger partial charge in [0.15, 0.2) is 11.7 Å². The van der Waals surface area contributed by atoms with Crippen molar-refractivity contribution in [3.63, 3.8) is 0 Å². The molecule has 1 aromatic heterocycles. The van der Waals surface area contributed by atoms with Crippen molar-refractivity contribution in [2.24, 2.45) is 5.92 Å². The van der Waals surface area contributed by atoms with Gasteiger partial charge in [-0.25, -0.2) is 9.78 Å². The molecule has 0 bridgehead atoms. The van der Waals surface area contributed by atoms with Gasteiger partial charge in [-0.1, -0.05) is 56.3 Å². The molecule has 0 radical (unpaired) electrons. The van der Waals surface area contributed by atoms with Crippen molar-refractivity contribution in [1.29, 1.82) is 0 Å². The number of rotatable bonds is 13. The first-order valence-electron chi connectivity index (χ1n) is 26.4. The average Bonchev–Trinajstić information content (AvgIpc) is 3.92. The fraction of sp³-hybridized carbons (Fsp3) is 0.545. The number of aromatic hydroxyl groups is 1. The highest BCUT2D eigenvalue weighted by Crippen LogP contribution is 2.30. The molecule has 20 nitrogen and oxygen atoms in total. The summed E-state index contributed by atoms with van der Waals surface area (Å²) in [5.41, 5.74) is -0.229. The summed E-state index contributed by atoms with van der Waals surface area (Å²) in [4.78, 5) is 133. The number of Topliss-reactive ketones (excluding diaryl/α,β-unsaturated/α-hetero) is 1. The molecule has 0 spiro atoms. The third-order valence-corrected chi connectivity index (χ3v) is 16.5. The molecule has 5 heterocycles. The summed E-state index contributed by atoms with van der Waals surface area (Å²) in [6, 6.07) is 11.3. The Balaban J connectivity index is 1.29. The molecule has 4 aliphatic rings. The first-order valence-corrected chi connectivity index (χ1v) is 27.5. The number of piperazine rings is 1. The number of pyridine rings is 1. The zero-order chi connectivity index (χ0) is 54.8. The average molecular weight is 1070 g/mol. The van der Waals surface area contributed by atoms with E-state index in [9.17, 15) is 29.1 Å². The topological polar surface area (TPSA) is 234 Å². The van der Waals surface area contributed by atoms with E-state index in [1.54, 1.807) is 49.0 Å². The van der Waals surface area contributed by atoms with Crippen LogP contribution in [-0.2, 0) is 44.7 Å². The van der Waals surface area contributed by atoms with Gasteiger partial charge in [0.25, 0.3) is 5.91 Å². The van der Waals surface area contributed by atoms with Crippen molar-refractivity contribution >= 4 is 64.6 Å². The number of cyclic esters (lactones) is 1. The van der Waals surface area contributed by atoms with Gasteiger partial charge >= 0.3 is 5.97 Å². The Kier molecular flexibility index (Phi) is 19.2. The number of carbonyl (C=O) groups is 8. The van der Waals surface area contributed by atoms with E-state index in [2.05, 4.69) is 37.7 Å². The number of fused-ring (bicyclic) bond motifs is 2. The number of thioether (sulfide) groups is 1. The summed E-state index contributed by atoms with van der Waals surface area (Å²) >= 11 is 1.61. The van der Waals surface area contributed by atoms with Crippen LogP contribution in [0, 0.1) is 5.92 Å². The maximum Gasteiger partial charge on any atom is 0.333 e. The number of aromatic nitrogens is 1. The second kappa shape index (κ2) is 25.5. The SMILES string of the molecule is CCN1CCN(CCSCC2CN3C(=O)[C@H](Cc4ccc(N(C)C)cc4)N(C)C(=O)[C@@H]4CCCN4C(=O)[C@@](C)(CC)NC(=O)[C@@H](NC(=O)c4ncccc4O)[C@@H](C)OC(=O)[C@H](c4ccccc4)NC(=O)[C@@H]3CC2=O)CC1. The number of benzene rings is 2. The van der Waals surface area contributed by atoms with Crippen molar-refractivity contribution < 1.29 is 48.2 Å². The van der Waals surface area contributed by atoms with Crippen LogP contribution < -0.4 is 20.9 Å². The number of ether oxygens (including phenoxy) is 1. The number of piperidine rings is 1. The van der Waals surface area contributed by atoms with Crippen LogP contribution in [0.15, 0.2) is 72.9 Å². The molecular formula is C55H74N10O10S. The maximum absolute atomic E-state index is 15.7. The summed E-state index contributed by atoms with van der Waals surface area (Å²) in [7, 11) is 5.32. The molecule has 8 atom stereocenters. The van der Waals surface area contributed by atoms with Gasteiger partial charge in [-0.05, 0) is 75.0 Å². The van der Waals surface area contributed by atoms with Crippen LogP contribution in [0.25, 0.3) is 0 Å². The molecule has 4 N–H and O–H groups in total. The summed E-state index contributed by atoms with van der Waals surface area (Å²) < 4.78 is 6.00. The van der Waals surface area contributed by atoms with E-state index in [1.807, 2.05) is 43.3 Å². The van der Waals surface area contributed by atoms with Gasteiger partial charge in [0.1, 0.15) is 47.3 Å². The Morgan fingerprint density at radius 1 is 0.882 bits per heavy atom. The van der Waals surface area contributed by atoms with Crippen LogP contribution in [0.3, 0.4) is 0 Å². The van der Waals surface area contributed by atoms with Gasteiger partial charge < -0.3 is 50.3 Å². The molecule has 0 saturated carbocycles. The van der Waals surface area contributed by atoms with Gasteiger partial charge in [0.05, 0.1) is 0 Å². The van der Waals surface area contributed by atoms with Crippen molar-refractivity contribution in [2.75, 3.05) is 89.9 Å². The lowest BCUT2D eigenvalue weighted by atomic mass is 9.90. The lowest BCUT2D eigenvalue weighted by molar-refractivity contribution is -0.157. The third kappa shape index (κ3) is 13.3. The van der Waals surface area contributed by atoms with Crippen molar-refractivity contribution in [1.82, 2.24) is 45.4 Å². The highest BCUT2D eigenvalue weighted by molar-refractivity contribution is 7.99. The number of ketones is 1. The monoisotopic (exact) mass is 1070 g/mol. The molecule has 4 saturated heterocycles. The van der Waals surface area contributed by atoms with Crippen LogP contribution in [0.2, 0.25) is 0 Å². The normalized spacial score (nSPS) is 26.9. The lowest BCUT2D eigenvalue weighted by Crippen LogP contribution is -2.65. The highest BCUT2D eigenvalue weighted by Gasteiger charge is 2.49. The lowest BCUT2D eigenvalue weighted by Gasteiger charge is -2.42. The van der Waals surface area contributed by atoms with Crippen molar-refractivity contribution in [2.45, 2.75) is 102 Å². The van der Waals surface area contributed by atoms with Gasteiger partial charge in [0.2, 0.25) is 29.5 Å². The minimum Gasteiger partial charge on any atom is -0.505 e. The Labute approximate surface area is 449 Å². The number of esters is 1. The minimum absolute atomic E-state index is 0.0158. The van der Waals surface area contributed by atoms with Crippen molar-refractivity contribution in [3.05, 3.63) is 89.7 Å². The number of likely N-dealkylation sites (N-methyl/N-ethyl adjacent to an activating group) is 2. The van der Waals surface area contributed by atoms with Gasteiger partial charge in [-0.3, -0.25) is 38.5 Å². The second-order valence-electron chi connectivity index (χ2n) is 20.6. The maximum atomic E-state index is 15.7. The molecule has 6 amide bonds. The molecule has 4 aliphatic heterocycles. The first kappa shape index (κ1) is 57.1. The van der Waals surface area contributed by atoms with E-state index < -0.39 is 101 Å². The number of carbonyl (C=O) groups excluding carboxylic acids is 8. The largest absolute Gasteiger partial charge is 0.505 e. The predicted octanol–water partition coefficient (Wildman–Crippen LogP) is 2.26. The third-order valence-electron chi connectivity index (χ3n) is 15.4. The molecule has 7 rings (SSSR count). The fourth-order valence-corrected chi connectivity index (χ4v) is 11.4. The number of nitrogens with one attached hydrogen (secondary N) is 3. The summed E-state index contributed by atoms with van der Waals surface area (Å²) in [5, 5.41) is 18.7. The van der Waals surface area contributed by atoms with E-state index in [1.165, 1.54) is 53.9 Å². The Morgan fingerprint density at radius 2 is 1.58 bits per heavy atom. The molecule has 410 valence electrons. The number of amides is 6. The van der Waals surface area contributed by atoms with E-state index in [0.29, 0.717) is 17.7 Å². The Morgan fingerprint density at radius 3 is 2.24 bits per heavy atom. The van der Waals surface area contributed by atoms with Crippen LogP contribution >= 0.6 is 11.8 Å². The van der Waals surface area contributed by atoms with E-state index in [-0.39, 0.29) is 50.1 Å². The van der Waals surface area contributed by atoms with Crippen molar-refractivity contribution in [3.8, 4) is 5.75 Å². The minimum atomic E-state index is -1.72. The van der Waals surface area contributed by atoms with E-state index >= 15 is 14.4 Å². The number of hydrogen-bond acceptors (Lipinski definition) is 15. The number of hydrogen-bond donors (Lipinski definition) is 4. The molecular weight excluding hydrogens is 993 g/mol. The highest BCUT2D eigenvalue weighted by atomic mass is 32.2. The van der Waals surface area contributed by atoms with Gasteiger partial charge in [0, 0.05) is 109 Å². The quantitative estimate of drug-likeness (QED) is 0.142. The summed E-state index contributed by atoms with van der Waals surface area (Å²) in [5.74, 6) is -5.79. The van der Waals surface area contributed by atoms with Crippen LogP contribution in [0.1, 0.15) is 81.0 Å². The first-order chi connectivity index (χ1) is 36.3. The predicted molar refractivity (Wildman–Crippen MR) is 287 cm³/mol. The van der Waals surface area contributed by atoms with Crippen LogP contribution in [0.5, 0.6) is 5.75 Å². The van der Waals surface area contributed by atoms with Gasteiger partial charge in [-0.2, -0.15) is 11.8 Å². The smallest absolute Gasteiger partial charge is 0.333 e. The Bertz CT molecular complexity index is 2580. The molecule has 21 heteroatoms. The number of nitrogens with zero attached hydrogens (tertiary/aromatic N) is 7. The molecule has 0 aliphatic carbocycles. The van der Waals surface area contributed by atoms with Crippen LogP contribution in [-0.4, -0.2) is 203 Å². The van der Waals surface area contributed by atoms with E-state index in [0.717, 1.165) is 50.7 Å². The summed E-state index contributed by atoms with van der Waals surface area (Å²) in [6.45, 7) is 12.4. The summed E-state index contributed by atoms with van der Waals surface area (Å²) in [6.07, 6.45) is 0.106. The molecule has 2 aromatic carbocycles. The molecule has 3 aromatic rings. The standard InChI is InChI=1S/C55H74N10O10S/c1-8-55(4)54(74)64-24-14-17-40(64)51(71)61(7)42(31-36-19-21-39(22-20-36)60(5)6)52(72)65-33-38(34-76-30-29-63-27-25-62(9-2)26-28-63)44(67)32-41(65)48(68)58-46(37-15-11-10-12-16-37)53(73)75-35(3)45(50(70)59-55)57-49(69)47-43(66)18-13-23-56-47/h10-13,15-16,18-23,35,38,40-42,45-46,66H,8-9,14,17,24-34H2,1-7H3,(H,57,69)(H,58,68)(H,59,70)/t35-,38?,40+,41+,42+,45+,46+,55-/m1/s1. The molecule has 1 unspecified atom stereocenters. The zero-order valence-electron chi connectivity index (χ0n) is 44.7.